The molecule has 0 aromatic rings. The Morgan fingerprint density at radius 1 is 0.765 bits per heavy atom. The highest BCUT2D eigenvalue weighted by Crippen LogP contribution is 2.13. The molecule has 1 atom stereocenters. The van der Waals surface area contributed by atoms with Crippen LogP contribution in [0.15, 0.2) is 0 Å². The lowest BCUT2D eigenvalue weighted by atomic mass is 9.98. The first-order valence-electron chi connectivity index (χ1n) is 7.87. The first kappa shape index (κ1) is 17.0. The fourth-order valence-corrected chi connectivity index (χ4v) is 2.16. The Morgan fingerprint density at radius 2 is 1.24 bits per heavy atom. The van der Waals surface area contributed by atoms with Gasteiger partial charge in [-0.05, 0) is 25.7 Å². The summed E-state index contributed by atoms with van der Waals surface area (Å²) in [4.78, 5) is 0. The number of hydrogen-bond donors (Lipinski definition) is 1. The van der Waals surface area contributed by atoms with E-state index < -0.39 is 0 Å². The van der Waals surface area contributed by atoms with Gasteiger partial charge < -0.3 is 5.32 Å². The van der Waals surface area contributed by atoms with Gasteiger partial charge in [0.2, 0.25) is 0 Å². The molecule has 104 valence electrons. The van der Waals surface area contributed by atoms with Gasteiger partial charge in [0.05, 0.1) is 0 Å². The average molecular weight is 241 g/mol. The predicted molar refractivity (Wildman–Crippen MR) is 79.5 cm³/mol. The Morgan fingerprint density at radius 3 is 1.59 bits per heavy atom. The highest BCUT2D eigenvalue weighted by atomic mass is 14.9. The number of hydrogen-bond acceptors (Lipinski definition) is 1. The average Bonchev–Trinajstić information content (AvgIpc) is 2.29. The largest absolute Gasteiger partial charge is 0.311 e. The molecule has 0 aromatic heterocycles. The van der Waals surface area contributed by atoms with Crippen LogP contribution in [0.2, 0.25) is 0 Å². The van der Waals surface area contributed by atoms with Gasteiger partial charge >= 0.3 is 0 Å². The lowest BCUT2D eigenvalue weighted by Crippen LogP contribution is -2.39. The number of unbranched alkanes of at least 4 members (excludes halogenated alkanes) is 4. The molecule has 0 bridgehead atoms. The van der Waals surface area contributed by atoms with E-state index in [0.717, 1.165) is 12.0 Å². The van der Waals surface area contributed by atoms with Crippen molar-refractivity contribution in [1.82, 2.24) is 5.32 Å². The molecule has 1 unspecified atom stereocenters. The smallest absolute Gasteiger partial charge is 0.00696 e. The molecule has 1 N–H and O–H groups in total. The van der Waals surface area contributed by atoms with Crippen LogP contribution in [0.3, 0.4) is 0 Å². The summed E-state index contributed by atoms with van der Waals surface area (Å²) in [5.41, 5.74) is 0. The molecule has 0 saturated heterocycles. The predicted octanol–water partition coefficient (Wildman–Crippen LogP) is 5.15. The molecule has 0 aromatic carbocycles. The van der Waals surface area contributed by atoms with Crippen LogP contribution in [0, 0.1) is 5.92 Å². The quantitative estimate of drug-likeness (QED) is 0.493. The second kappa shape index (κ2) is 11.1. The first-order chi connectivity index (χ1) is 8.11. The number of nitrogens with one attached hydrogen (secondary N) is 1. The van der Waals surface area contributed by atoms with Crippen LogP contribution >= 0.6 is 0 Å². The monoisotopic (exact) mass is 241 g/mol. The molecule has 0 rings (SSSR count). The SMILES string of the molecule is CCCCCC(CCCCC)NC(C)C(C)C. The third-order valence-electron chi connectivity index (χ3n) is 3.81. The standard InChI is InChI=1S/C16H35N/c1-6-8-10-12-16(13-11-9-7-2)17-15(5)14(3)4/h14-17H,6-13H2,1-5H3. The molecule has 0 spiro atoms. The normalized spacial score (nSPS) is 13.6. The number of rotatable bonds is 11. The molecule has 0 aliphatic rings. The Labute approximate surface area is 110 Å². The summed E-state index contributed by atoms with van der Waals surface area (Å²) in [5.74, 6) is 0.745. The van der Waals surface area contributed by atoms with Gasteiger partial charge in [-0.25, -0.2) is 0 Å². The molecule has 0 saturated carbocycles. The zero-order valence-electron chi connectivity index (χ0n) is 12.9. The molecule has 0 radical (unpaired) electrons. The van der Waals surface area contributed by atoms with Crippen molar-refractivity contribution in [1.29, 1.82) is 0 Å². The van der Waals surface area contributed by atoms with Crippen molar-refractivity contribution in [2.24, 2.45) is 5.92 Å². The van der Waals surface area contributed by atoms with Crippen LogP contribution in [0.25, 0.3) is 0 Å². The summed E-state index contributed by atoms with van der Waals surface area (Å²) < 4.78 is 0. The third-order valence-corrected chi connectivity index (χ3v) is 3.81. The van der Waals surface area contributed by atoms with E-state index in [1.807, 2.05) is 0 Å². The fourth-order valence-electron chi connectivity index (χ4n) is 2.16. The maximum Gasteiger partial charge on any atom is 0.00696 e. The summed E-state index contributed by atoms with van der Waals surface area (Å²) in [6.45, 7) is 11.5. The molecule has 0 aliphatic heterocycles. The van der Waals surface area contributed by atoms with Crippen molar-refractivity contribution in [3.05, 3.63) is 0 Å². The van der Waals surface area contributed by atoms with E-state index in [4.69, 9.17) is 0 Å². The van der Waals surface area contributed by atoms with E-state index >= 15 is 0 Å². The van der Waals surface area contributed by atoms with Crippen LogP contribution < -0.4 is 5.32 Å². The first-order valence-corrected chi connectivity index (χ1v) is 7.87. The van der Waals surface area contributed by atoms with Gasteiger partial charge in [0.1, 0.15) is 0 Å². The third kappa shape index (κ3) is 9.64. The van der Waals surface area contributed by atoms with E-state index in [-0.39, 0.29) is 0 Å². The topological polar surface area (TPSA) is 12.0 Å². The molecule has 17 heavy (non-hydrogen) atoms. The zero-order valence-corrected chi connectivity index (χ0v) is 12.9. The molecular formula is C16H35N. The van der Waals surface area contributed by atoms with Gasteiger partial charge in [-0.3, -0.25) is 0 Å². The lowest BCUT2D eigenvalue weighted by Gasteiger charge is -2.26. The summed E-state index contributed by atoms with van der Waals surface area (Å²) in [7, 11) is 0. The fraction of sp³-hybridized carbons (Fsp3) is 1.00. The second-order valence-corrected chi connectivity index (χ2v) is 5.89. The Bertz CT molecular complexity index is 144. The molecule has 0 aliphatic carbocycles. The van der Waals surface area contributed by atoms with E-state index in [0.29, 0.717) is 6.04 Å². The lowest BCUT2D eigenvalue weighted by molar-refractivity contribution is 0.334. The second-order valence-electron chi connectivity index (χ2n) is 5.89. The van der Waals surface area contributed by atoms with E-state index in [1.165, 1.54) is 51.4 Å². The Kier molecular flexibility index (Phi) is 11.0. The van der Waals surface area contributed by atoms with Gasteiger partial charge in [0, 0.05) is 12.1 Å². The molecular weight excluding hydrogens is 206 g/mol. The minimum atomic E-state index is 0.656. The van der Waals surface area contributed by atoms with Crippen molar-refractivity contribution >= 4 is 0 Å². The summed E-state index contributed by atoms with van der Waals surface area (Å²) >= 11 is 0. The minimum absolute atomic E-state index is 0.656. The van der Waals surface area contributed by atoms with Crippen LogP contribution in [-0.4, -0.2) is 12.1 Å². The summed E-state index contributed by atoms with van der Waals surface area (Å²) in [6, 6.07) is 1.41. The molecule has 1 heteroatoms. The highest BCUT2D eigenvalue weighted by Gasteiger charge is 2.13. The molecule has 0 amide bonds. The summed E-state index contributed by atoms with van der Waals surface area (Å²) in [5, 5.41) is 3.83. The molecule has 0 heterocycles. The van der Waals surface area contributed by atoms with Crippen LogP contribution in [0.4, 0.5) is 0 Å². The van der Waals surface area contributed by atoms with Crippen molar-refractivity contribution in [3.8, 4) is 0 Å². The van der Waals surface area contributed by atoms with Crippen molar-refractivity contribution in [3.63, 3.8) is 0 Å². The van der Waals surface area contributed by atoms with E-state index in [1.54, 1.807) is 0 Å². The Hall–Kier alpha value is -0.0400. The highest BCUT2D eigenvalue weighted by molar-refractivity contribution is 4.73. The van der Waals surface area contributed by atoms with E-state index in [9.17, 15) is 0 Å². The van der Waals surface area contributed by atoms with Crippen molar-refractivity contribution in [2.45, 2.75) is 98.1 Å². The summed E-state index contributed by atoms with van der Waals surface area (Å²) in [6.07, 6.45) is 11.0. The van der Waals surface area contributed by atoms with E-state index in [2.05, 4.69) is 39.9 Å². The van der Waals surface area contributed by atoms with Crippen molar-refractivity contribution < 1.29 is 0 Å². The van der Waals surface area contributed by atoms with Gasteiger partial charge in [-0.2, -0.15) is 0 Å². The van der Waals surface area contributed by atoms with Crippen LogP contribution in [0.1, 0.15) is 86.0 Å². The molecule has 1 nitrogen and oxygen atoms in total. The zero-order chi connectivity index (χ0) is 13.1. The Balaban J connectivity index is 3.91. The van der Waals surface area contributed by atoms with Crippen LogP contribution in [0.5, 0.6) is 0 Å². The van der Waals surface area contributed by atoms with Crippen LogP contribution in [-0.2, 0) is 0 Å². The van der Waals surface area contributed by atoms with Gasteiger partial charge in [-0.15, -0.1) is 0 Å². The molecule has 0 fully saturated rings. The van der Waals surface area contributed by atoms with Gasteiger partial charge in [0.15, 0.2) is 0 Å². The van der Waals surface area contributed by atoms with Gasteiger partial charge in [-0.1, -0.05) is 66.2 Å². The maximum absolute atomic E-state index is 3.83. The minimum Gasteiger partial charge on any atom is -0.311 e. The maximum atomic E-state index is 3.83. The van der Waals surface area contributed by atoms with Gasteiger partial charge in [0.25, 0.3) is 0 Å². The van der Waals surface area contributed by atoms with Crippen molar-refractivity contribution in [2.75, 3.05) is 0 Å².